The van der Waals surface area contributed by atoms with Crippen LogP contribution in [0.25, 0.3) is 0 Å². The highest BCUT2D eigenvalue weighted by molar-refractivity contribution is 8.14. The van der Waals surface area contributed by atoms with Crippen LogP contribution in [-0.2, 0) is 20.9 Å². The van der Waals surface area contributed by atoms with Gasteiger partial charge in [0.15, 0.2) is 16.7 Å². The van der Waals surface area contributed by atoms with Crippen LogP contribution in [0.2, 0.25) is 0 Å². The van der Waals surface area contributed by atoms with E-state index < -0.39 is 11.9 Å². The number of nitrogens with one attached hydrogen (secondary N) is 2. The molecule has 0 bridgehead atoms. The fraction of sp³-hybridized carbons (Fsp3) is 0.233. The summed E-state index contributed by atoms with van der Waals surface area (Å²) in [5.41, 5.74) is 2.73. The highest BCUT2D eigenvalue weighted by atomic mass is 32.2. The zero-order valence-corrected chi connectivity index (χ0v) is 23.5. The van der Waals surface area contributed by atoms with E-state index in [-0.39, 0.29) is 37.3 Å². The lowest BCUT2D eigenvalue weighted by Gasteiger charge is -2.30. The molecule has 3 aliphatic rings. The number of aliphatic imine (C=N–C) groups is 2. The van der Waals surface area contributed by atoms with E-state index in [4.69, 9.17) is 19.2 Å². The number of hydrogen-bond donors (Lipinski definition) is 2. The van der Waals surface area contributed by atoms with Crippen molar-refractivity contribution in [1.82, 2.24) is 10.2 Å². The zero-order chi connectivity index (χ0) is 29.1. The van der Waals surface area contributed by atoms with Gasteiger partial charge in [-0.3, -0.25) is 19.3 Å². The molecule has 11 nitrogen and oxygen atoms in total. The summed E-state index contributed by atoms with van der Waals surface area (Å²) in [4.78, 5) is 49.8. The van der Waals surface area contributed by atoms with Crippen LogP contribution in [0.3, 0.4) is 0 Å². The molecule has 6 rings (SSSR count). The number of rotatable bonds is 9. The van der Waals surface area contributed by atoms with Gasteiger partial charge in [0.1, 0.15) is 17.6 Å². The molecule has 0 radical (unpaired) electrons. The summed E-state index contributed by atoms with van der Waals surface area (Å²) in [5, 5.41) is 6.17. The molecule has 0 aromatic heterocycles. The molecule has 1 atom stereocenters. The quantitative estimate of drug-likeness (QED) is 0.387. The van der Waals surface area contributed by atoms with E-state index in [1.165, 1.54) is 11.8 Å². The number of ether oxygens (including phenoxy) is 3. The van der Waals surface area contributed by atoms with Crippen LogP contribution < -0.4 is 24.8 Å². The van der Waals surface area contributed by atoms with Crippen molar-refractivity contribution in [3.63, 3.8) is 0 Å². The minimum absolute atomic E-state index is 0.0163. The van der Waals surface area contributed by atoms with Crippen molar-refractivity contribution < 1.29 is 28.6 Å². The van der Waals surface area contributed by atoms with Gasteiger partial charge in [0, 0.05) is 12.1 Å². The van der Waals surface area contributed by atoms with Crippen molar-refractivity contribution in [1.29, 1.82) is 0 Å². The Morgan fingerprint density at radius 3 is 2.71 bits per heavy atom. The van der Waals surface area contributed by atoms with Gasteiger partial charge in [-0.2, -0.15) is 4.99 Å². The van der Waals surface area contributed by atoms with Crippen LogP contribution in [0.15, 0.2) is 76.7 Å². The van der Waals surface area contributed by atoms with Gasteiger partial charge in [0.2, 0.25) is 18.6 Å². The van der Waals surface area contributed by atoms with Gasteiger partial charge in [0.25, 0.3) is 5.91 Å². The largest absolute Gasteiger partial charge is 0.492 e. The lowest BCUT2D eigenvalue weighted by Crippen LogP contribution is -2.46. The number of fused-ring (bicyclic) bond motifs is 4. The summed E-state index contributed by atoms with van der Waals surface area (Å²) in [6, 6.07) is 19.1. The first-order chi connectivity index (χ1) is 20.5. The van der Waals surface area contributed by atoms with Gasteiger partial charge in [0.05, 0.1) is 30.2 Å². The molecule has 3 heterocycles. The second kappa shape index (κ2) is 12.0. The molecule has 0 aliphatic carbocycles. The van der Waals surface area contributed by atoms with Crippen molar-refractivity contribution in [3.05, 3.63) is 77.9 Å². The molecule has 2 N–H and O–H groups in total. The maximum absolute atomic E-state index is 13.1. The minimum atomic E-state index is -0.891. The molecular formula is C30H27N5O6S. The molecule has 0 saturated heterocycles. The van der Waals surface area contributed by atoms with Crippen molar-refractivity contribution in [3.8, 4) is 17.2 Å². The number of hydrogen-bond acceptors (Lipinski definition) is 9. The van der Waals surface area contributed by atoms with Crippen LogP contribution in [0.1, 0.15) is 24.5 Å². The molecule has 0 saturated carbocycles. The first-order valence-electron chi connectivity index (χ1n) is 13.4. The van der Waals surface area contributed by atoms with E-state index in [0.717, 1.165) is 5.56 Å². The zero-order valence-electron chi connectivity index (χ0n) is 22.7. The lowest BCUT2D eigenvalue weighted by molar-refractivity contribution is -0.126. The molecule has 3 aliphatic heterocycles. The van der Waals surface area contributed by atoms with Gasteiger partial charge in [-0.05, 0) is 48.9 Å². The average molecular weight is 586 g/mol. The van der Waals surface area contributed by atoms with Gasteiger partial charge >= 0.3 is 0 Å². The van der Waals surface area contributed by atoms with Gasteiger partial charge in [-0.15, -0.1) is 0 Å². The fourth-order valence-corrected chi connectivity index (χ4v) is 5.62. The Kier molecular flexibility index (Phi) is 7.78. The Morgan fingerprint density at radius 2 is 1.83 bits per heavy atom. The van der Waals surface area contributed by atoms with Crippen LogP contribution >= 0.6 is 11.8 Å². The summed E-state index contributed by atoms with van der Waals surface area (Å²) < 4.78 is 16.3. The van der Waals surface area contributed by atoms with Crippen molar-refractivity contribution in [2.45, 2.75) is 25.9 Å². The number of amidine groups is 2. The number of amides is 3. The molecule has 42 heavy (non-hydrogen) atoms. The third kappa shape index (κ3) is 5.66. The number of thioether (sulfide) groups is 1. The molecule has 3 amide bonds. The SMILES string of the molecule is CCOc1ccccc1NC(=O)CSC1=Nc2ccccc2C2=NC(=O)C(CC(=O)NCc3ccc4c(c3)OCO4)N12. The normalized spacial score (nSPS) is 16.3. The molecular weight excluding hydrogens is 558 g/mol. The molecule has 3 aromatic rings. The van der Waals surface area contributed by atoms with Crippen molar-refractivity contribution in [2.75, 3.05) is 24.5 Å². The minimum Gasteiger partial charge on any atom is -0.492 e. The maximum atomic E-state index is 13.1. The second-order valence-corrected chi connectivity index (χ2v) is 10.4. The average Bonchev–Trinajstić information content (AvgIpc) is 3.60. The Labute approximate surface area is 246 Å². The topological polar surface area (TPSA) is 131 Å². The summed E-state index contributed by atoms with van der Waals surface area (Å²) in [6.07, 6.45) is -0.133. The smallest absolute Gasteiger partial charge is 0.271 e. The van der Waals surface area contributed by atoms with Crippen LogP contribution in [0.5, 0.6) is 17.2 Å². The molecule has 0 spiro atoms. The summed E-state index contributed by atoms with van der Waals surface area (Å²) in [7, 11) is 0. The first-order valence-corrected chi connectivity index (χ1v) is 14.4. The fourth-order valence-electron chi connectivity index (χ4n) is 4.77. The first kappa shape index (κ1) is 27.3. The maximum Gasteiger partial charge on any atom is 0.271 e. The van der Waals surface area contributed by atoms with Gasteiger partial charge in [-0.25, -0.2) is 4.99 Å². The van der Waals surface area contributed by atoms with Gasteiger partial charge in [-0.1, -0.05) is 42.1 Å². The van der Waals surface area contributed by atoms with E-state index >= 15 is 0 Å². The predicted molar refractivity (Wildman–Crippen MR) is 158 cm³/mol. The highest BCUT2D eigenvalue weighted by Gasteiger charge is 2.42. The Balaban J connectivity index is 1.15. The van der Waals surface area contributed by atoms with E-state index in [9.17, 15) is 14.4 Å². The lowest BCUT2D eigenvalue weighted by atomic mass is 10.1. The van der Waals surface area contributed by atoms with Crippen LogP contribution in [0, 0.1) is 0 Å². The highest BCUT2D eigenvalue weighted by Crippen LogP contribution is 2.35. The van der Waals surface area contributed by atoms with Crippen LogP contribution in [-0.4, -0.2) is 58.8 Å². The predicted octanol–water partition coefficient (Wildman–Crippen LogP) is 3.85. The summed E-state index contributed by atoms with van der Waals surface area (Å²) in [6.45, 7) is 2.76. The molecule has 214 valence electrons. The van der Waals surface area contributed by atoms with Crippen molar-refractivity contribution >= 4 is 51.9 Å². The van der Waals surface area contributed by atoms with Gasteiger partial charge < -0.3 is 24.8 Å². The number of para-hydroxylation sites is 3. The van der Waals surface area contributed by atoms with E-state index in [1.807, 2.05) is 55.5 Å². The molecule has 1 unspecified atom stereocenters. The van der Waals surface area contributed by atoms with E-state index in [0.29, 0.717) is 51.8 Å². The molecule has 3 aromatic carbocycles. The van der Waals surface area contributed by atoms with Crippen molar-refractivity contribution in [2.24, 2.45) is 9.98 Å². The number of carbonyl (C=O) groups excluding carboxylic acids is 3. The van der Waals surface area contributed by atoms with E-state index in [2.05, 4.69) is 15.6 Å². The molecule has 12 heteroatoms. The Morgan fingerprint density at radius 1 is 1.02 bits per heavy atom. The number of carbonyl (C=O) groups is 3. The summed E-state index contributed by atoms with van der Waals surface area (Å²) >= 11 is 1.17. The number of nitrogens with zero attached hydrogens (tertiary/aromatic N) is 3. The summed E-state index contributed by atoms with van der Waals surface area (Å²) in [5.74, 6) is 1.27. The number of anilines is 1. The molecule has 0 fully saturated rings. The van der Waals surface area contributed by atoms with E-state index in [1.54, 1.807) is 23.1 Å². The Bertz CT molecular complexity index is 1620. The monoisotopic (exact) mass is 585 g/mol. The second-order valence-electron chi connectivity index (χ2n) is 9.51. The third-order valence-corrected chi connectivity index (χ3v) is 7.66. The standard InChI is InChI=1S/C30H27N5O6S/c1-2-39-23-10-6-5-9-21(23)32-27(37)16-42-30-33-20-8-4-3-7-19(20)28-34-29(38)22(35(28)30)14-26(36)31-15-18-11-12-24-25(13-18)41-17-40-24/h3-13,22H,2,14-17H2,1H3,(H,31,36)(H,32,37). The Hall–Kier alpha value is -4.84. The van der Waals surface area contributed by atoms with Crippen LogP contribution in [0.4, 0.5) is 11.4 Å². The third-order valence-electron chi connectivity index (χ3n) is 6.71. The number of benzene rings is 3.